The van der Waals surface area contributed by atoms with E-state index in [0.717, 1.165) is 17.0 Å². The number of methoxy groups -OCH3 is 1. The highest BCUT2D eigenvalue weighted by molar-refractivity contribution is 7.89. The van der Waals surface area contributed by atoms with Gasteiger partial charge in [0.2, 0.25) is 10.0 Å². The van der Waals surface area contributed by atoms with E-state index in [1.54, 1.807) is 24.3 Å². The predicted octanol–water partition coefficient (Wildman–Crippen LogP) is 2.40. The summed E-state index contributed by atoms with van der Waals surface area (Å²) in [7, 11) is -2.65. The van der Waals surface area contributed by atoms with Gasteiger partial charge in [-0.15, -0.1) is 11.3 Å². The third-order valence-electron chi connectivity index (χ3n) is 4.11. The molecule has 1 saturated heterocycles. The van der Waals surface area contributed by atoms with Crippen molar-refractivity contribution in [3.8, 4) is 5.75 Å². The Labute approximate surface area is 160 Å². The van der Waals surface area contributed by atoms with Crippen molar-refractivity contribution in [3.05, 3.63) is 39.5 Å². The zero-order valence-electron chi connectivity index (χ0n) is 13.9. The average molecular weight is 417 g/mol. The van der Waals surface area contributed by atoms with Gasteiger partial charge in [-0.05, 0) is 30.3 Å². The van der Waals surface area contributed by atoms with Crippen LogP contribution in [0.1, 0.15) is 9.67 Å². The maximum atomic E-state index is 12.9. The molecule has 1 fully saturated rings. The van der Waals surface area contributed by atoms with Crippen molar-refractivity contribution >= 4 is 44.6 Å². The SMILES string of the molecule is COC(=O)c1sc(Cl)cc1S(=O)(=O)N1CCN(c2ccc(O)cc2)CC1. The fraction of sp³-hybridized carbons (Fsp3) is 0.312. The van der Waals surface area contributed by atoms with Gasteiger partial charge in [0.25, 0.3) is 0 Å². The summed E-state index contributed by atoms with van der Waals surface area (Å²) in [4.78, 5) is 13.8. The summed E-state index contributed by atoms with van der Waals surface area (Å²) in [6.45, 7) is 1.54. The van der Waals surface area contributed by atoms with E-state index in [4.69, 9.17) is 11.6 Å². The molecule has 3 rings (SSSR count). The largest absolute Gasteiger partial charge is 0.508 e. The van der Waals surface area contributed by atoms with Gasteiger partial charge in [0.05, 0.1) is 11.4 Å². The topological polar surface area (TPSA) is 87.2 Å². The Morgan fingerprint density at radius 3 is 2.38 bits per heavy atom. The second-order valence-corrected chi connectivity index (χ2v) is 9.23. The minimum absolute atomic E-state index is 0.0153. The van der Waals surface area contributed by atoms with Crippen molar-refractivity contribution in [1.82, 2.24) is 4.31 Å². The fourth-order valence-electron chi connectivity index (χ4n) is 2.76. The molecule has 0 radical (unpaired) electrons. The Bertz CT molecular complexity index is 903. The summed E-state index contributed by atoms with van der Waals surface area (Å²) < 4.78 is 32.1. The first-order chi connectivity index (χ1) is 12.3. The lowest BCUT2D eigenvalue weighted by Gasteiger charge is -2.35. The normalized spacial score (nSPS) is 15.8. The number of piperazine rings is 1. The number of ether oxygens (including phenoxy) is 1. The molecule has 1 aromatic carbocycles. The molecule has 10 heteroatoms. The number of hydrogen-bond acceptors (Lipinski definition) is 7. The standard InChI is InChI=1S/C16H17ClN2O5S2/c1-24-16(21)15-13(10-14(17)25-15)26(22,23)19-8-6-18(7-9-19)11-2-4-12(20)5-3-11/h2-5,10,20H,6-9H2,1H3. The number of hydrogen-bond donors (Lipinski definition) is 1. The fourth-order valence-corrected chi connectivity index (χ4v) is 5.89. The molecule has 0 amide bonds. The molecule has 0 saturated carbocycles. The van der Waals surface area contributed by atoms with Crippen molar-refractivity contribution < 1.29 is 23.1 Å². The van der Waals surface area contributed by atoms with Crippen molar-refractivity contribution in [2.75, 3.05) is 38.2 Å². The number of aromatic hydroxyl groups is 1. The van der Waals surface area contributed by atoms with Crippen molar-refractivity contribution in [2.24, 2.45) is 0 Å². The zero-order valence-corrected chi connectivity index (χ0v) is 16.3. The lowest BCUT2D eigenvalue weighted by atomic mass is 10.2. The maximum Gasteiger partial charge on any atom is 0.349 e. The number of sulfonamides is 1. The van der Waals surface area contributed by atoms with Gasteiger partial charge in [-0.2, -0.15) is 4.31 Å². The smallest absolute Gasteiger partial charge is 0.349 e. The molecule has 1 aliphatic rings. The third kappa shape index (κ3) is 3.66. The van der Waals surface area contributed by atoms with Gasteiger partial charge in [0.1, 0.15) is 15.5 Å². The van der Waals surface area contributed by atoms with E-state index in [0.29, 0.717) is 13.1 Å². The minimum Gasteiger partial charge on any atom is -0.508 e. The number of carbonyl (C=O) groups is 1. The minimum atomic E-state index is -3.85. The number of anilines is 1. The van der Waals surface area contributed by atoms with Gasteiger partial charge in [0.15, 0.2) is 0 Å². The summed E-state index contributed by atoms with van der Waals surface area (Å²) in [5, 5.41) is 9.37. The molecule has 7 nitrogen and oxygen atoms in total. The molecule has 140 valence electrons. The number of rotatable bonds is 4. The number of thiophene rings is 1. The summed E-state index contributed by atoms with van der Waals surface area (Å²) >= 11 is 6.81. The molecule has 0 atom stereocenters. The van der Waals surface area contributed by atoms with Crippen LogP contribution in [-0.4, -0.2) is 57.1 Å². The number of nitrogens with zero attached hydrogens (tertiary/aromatic N) is 2. The maximum absolute atomic E-state index is 12.9. The predicted molar refractivity (Wildman–Crippen MR) is 99.7 cm³/mol. The van der Waals surface area contributed by atoms with Crippen LogP contribution in [0.5, 0.6) is 5.75 Å². The van der Waals surface area contributed by atoms with E-state index in [9.17, 15) is 18.3 Å². The molecule has 2 aromatic rings. The van der Waals surface area contributed by atoms with Crippen LogP contribution in [0.4, 0.5) is 5.69 Å². The molecule has 2 heterocycles. The van der Waals surface area contributed by atoms with E-state index >= 15 is 0 Å². The number of esters is 1. The summed E-state index contributed by atoms with van der Waals surface area (Å²) in [6, 6.07) is 8.05. The van der Waals surface area contributed by atoms with Crippen molar-refractivity contribution in [1.29, 1.82) is 0 Å². The van der Waals surface area contributed by atoms with Crippen LogP contribution >= 0.6 is 22.9 Å². The van der Waals surface area contributed by atoms with Gasteiger partial charge < -0.3 is 14.7 Å². The van der Waals surface area contributed by atoms with Gasteiger partial charge in [-0.25, -0.2) is 13.2 Å². The number of benzene rings is 1. The molecule has 26 heavy (non-hydrogen) atoms. The van der Waals surface area contributed by atoms with Crippen molar-refractivity contribution in [3.63, 3.8) is 0 Å². The lowest BCUT2D eigenvalue weighted by Crippen LogP contribution is -2.48. The van der Waals surface area contributed by atoms with Crippen LogP contribution in [0.3, 0.4) is 0 Å². The molecule has 0 aliphatic carbocycles. The Morgan fingerprint density at radius 2 is 1.81 bits per heavy atom. The quantitative estimate of drug-likeness (QED) is 0.770. The zero-order chi connectivity index (χ0) is 18.9. The van der Waals surface area contributed by atoms with Crippen molar-refractivity contribution in [2.45, 2.75) is 4.90 Å². The Morgan fingerprint density at radius 1 is 1.19 bits per heavy atom. The number of halogens is 1. The summed E-state index contributed by atoms with van der Waals surface area (Å²) in [5.74, 6) is -0.539. The average Bonchev–Trinajstić information content (AvgIpc) is 3.04. The highest BCUT2D eigenvalue weighted by atomic mass is 35.5. The van der Waals surface area contributed by atoms with E-state index in [-0.39, 0.29) is 32.9 Å². The summed E-state index contributed by atoms with van der Waals surface area (Å²) in [5.41, 5.74) is 0.911. The highest BCUT2D eigenvalue weighted by Gasteiger charge is 2.33. The van der Waals surface area contributed by atoms with E-state index in [1.807, 2.05) is 4.90 Å². The molecule has 1 aromatic heterocycles. The van der Waals surface area contributed by atoms with Gasteiger partial charge in [-0.1, -0.05) is 11.6 Å². The molecule has 1 aliphatic heterocycles. The first-order valence-electron chi connectivity index (χ1n) is 7.74. The Hall–Kier alpha value is -1.81. The Balaban J connectivity index is 1.78. The van der Waals surface area contributed by atoms with Crippen LogP contribution < -0.4 is 4.90 Å². The van der Waals surface area contributed by atoms with E-state index < -0.39 is 16.0 Å². The molecule has 0 bridgehead atoms. The van der Waals surface area contributed by atoms with Gasteiger partial charge >= 0.3 is 5.97 Å². The molecule has 0 spiro atoms. The van der Waals surface area contributed by atoms with Crippen LogP contribution in [0.25, 0.3) is 0 Å². The van der Waals surface area contributed by atoms with Gasteiger partial charge in [0, 0.05) is 31.9 Å². The third-order valence-corrected chi connectivity index (χ3v) is 7.41. The van der Waals surface area contributed by atoms with Gasteiger partial charge in [-0.3, -0.25) is 0 Å². The highest BCUT2D eigenvalue weighted by Crippen LogP contribution is 2.33. The first kappa shape index (κ1) is 19.0. The molecule has 1 N–H and O–H groups in total. The Kier molecular flexibility index (Phi) is 5.42. The number of carbonyl (C=O) groups excluding carboxylic acids is 1. The van der Waals surface area contributed by atoms with Crippen LogP contribution in [0, 0.1) is 0 Å². The summed E-state index contributed by atoms with van der Waals surface area (Å²) in [6.07, 6.45) is 0. The monoisotopic (exact) mass is 416 g/mol. The number of phenols is 1. The number of phenolic OH excluding ortho intramolecular Hbond substituents is 1. The molecular formula is C16H17ClN2O5S2. The van der Waals surface area contributed by atoms with E-state index in [1.165, 1.54) is 17.5 Å². The second kappa shape index (κ2) is 7.43. The molecule has 0 unspecified atom stereocenters. The van der Waals surface area contributed by atoms with Crippen LogP contribution in [0.15, 0.2) is 35.2 Å². The first-order valence-corrected chi connectivity index (χ1v) is 10.4. The van der Waals surface area contributed by atoms with Crippen LogP contribution in [-0.2, 0) is 14.8 Å². The second-order valence-electron chi connectivity index (χ2n) is 5.64. The van der Waals surface area contributed by atoms with Crippen LogP contribution in [0.2, 0.25) is 4.34 Å². The lowest BCUT2D eigenvalue weighted by molar-refractivity contribution is 0.0602. The van der Waals surface area contributed by atoms with E-state index in [2.05, 4.69) is 4.74 Å². The molecular weight excluding hydrogens is 400 g/mol.